The van der Waals surface area contributed by atoms with Gasteiger partial charge in [0.15, 0.2) is 0 Å². The molecule has 0 spiro atoms. The van der Waals surface area contributed by atoms with Crippen LogP contribution < -0.4 is 14.2 Å². The summed E-state index contributed by atoms with van der Waals surface area (Å²) in [6, 6.07) is 15.5. The molecule has 0 saturated carbocycles. The summed E-state index contributed by atoms with van der Waals surface area (Å²) in [5.74, 6) is 1.60. The molecule has 162 valence electrons. The number of methoxy groups -OCH3 is 1. The van der Waals surface area contributed by atoms with Gasteiger partial charge >= 0.3 is 0 Å². The van der Waals surface area contributed by atoms with Gasteiger partial charge in [0.1, 0.15) is 11.5 Å². The van der Waals surface area contributed by atoms with Gasteiger partial charge in [0.2, 0.25) is 15.9 Å². The lowest BCUT2D eigenvalue weighted by atomic mass is 10.1. The highest BCUT2D eigenvalue weighted by Crippen LogP contribution is 2.18. The van der Waals surface area contributed by atoms with Crippen molar-refractivity contribution in [3.8, 4) is 11.5 Å². The Hall–Kier alpha value is -2.58. The van der Waals surface area contributed by atoms with Crippen molar-refractivity contribution < 1.29 is 22.7 Å². The van der Waals surface area contributed by atoms with Gasteiger partial charge in [0.05, 0.1) is 18.6 Å². The summed E-state index contributed by atoms with van der Waals surface area (Å²) in [5.41, 5.74) is 0. The van der Waals surface area contributed by atoms with Crippen molar-refractivity contribution in [1.82, 2.24) is 9.62 Å². The number of piperidine rings is 1. The third kappa shape index (κ3) is 6.21. The van der Waals surface area contributed by atoms with Crippen LogP contribution in [0.4, 0.5) is 0 Å². The first-order chi connectivity index (χ1) is 14.5. The normalized spacial score (nSPS) is 15.0. The second-order valence-corrected chi connectivity index (χ2v) is 8.93. The largest absolute Gasteiger partial charge is 0.497 e. The maximum absolute atomic E-state index is 12.4. The maximum Gasteiger partial charge on any atom is 0.240 e. The molecule has 2 aromatic rings. The second-order valence-electron chi connectivity index (χ2n) is 7.22. The zero-order valence-corrected chi connectivity index (χ0v) is 17.9. The Labute approximate surface area is 178 Å². The van der Waals surface area contributed by atoms with E-state index in [2.05, 4.69) is 4.72 Å². The lowest BCUT2D eigenvalue weighted by Crippen LogP contribution is -2.46. The zero-order chi connectivity index (χ0) is 21.4. The van der Waals surface area contributed by atoms with Gasteiger partial charge in [-0.1, -0.05) is 18.2 Å². The Morgan fingerprint density at radius 2 is 1.67 bits per heavy atom. The van der Waals surface area contributed by atoms with Crippen molar-refractivity contribution in [1.29, 1.82) is 0 Å². The van der Waals surface area contributed by atoms with Crippen LogP contribution in [0.5, 0.6) is 11.5 Å². The first kappa shape index (κ1) is 22.1. The molecule has 0 aliphatic carbocycles. The van der Waals surface area contributed by atoms with Crippen molar-refractivity contribution in [3.63, 3.8) is 0 Å². The first-order valence-electron chi connectivity index (χ1n) is 10.1. The number of hydrogen-bond acceptors (Lipinski definition) is 5. The van der Waals surface area contributed by atoms with E-state index in [1.807, 2.05) is 24.3 Å². The molecule has 7 nitrogen and oxygen atoms in total. The zero-order valence-electron chi connectivity index (χ0n) is 17.1. The van der Waals surface area contributed by atoms with Gasteiger partial charge in [-0.2, -0.15) is 0 Å². The van der Waals surface area contributed by atoms with E-state index >= 15 is 0 Å². The molecule has 1 N–H and O–H groups in total. The van der Waals surface area contributed by atoms with E-state index < -0.39 is 10.0 Å². The maximum atomic E-state index is 12.4. The number of rotatable bonds is 9. The minimum atomic E-state index is -3.52. The summed E-state index contributed by atoms with van der Waals surface area (Å²) in [6.45, 7) is 1.58. The van der Waals surface area contributed by atoms with Crippen LogP contribution in [-0.4, -0.2) is 52.1 Å². The molecule has 8 heteroatoms. The fourth-order valence-corrected chi connectivity index (χ4v) is 4.70. The van der Waals surface area contributed by atoms with Gasteiger partial charge in [-0.15, -0.1) is 0 Å². The van der Waals surface area contributed by atoms with E-state index in [0.717, 1.165) is 11.5 Å². The number of ether oxygens (including phenoxy) is 2. The molecular weight excluding hydrogens is 404 g/mol. The van der Waals surface area contributed by atoms with Gasteiger partial charge in [-0.25, -0.2) is 13.1 Å². The molecule has 0 bridgehead atoms. The molecule has 0 radical (unpaired) electrons. The van der Waals surface area contributed by atoms with E-state index in [9.17, 15) is 13.2 Å². The first-order valence-corrected chi connectivity index (χ1v) is 11.6. The minimum Gasteiger partial charge on any atom is -0.497 e. The van der Waals surface area contributed by atoms with Crippen LogP contribution in [0.3, 0.4) is 0 Å². The summed E-state index contributed by atoms with van der Waals surface area (Å²) in [6.07, 6.45) is 2.27. The summed E-state index contributed by atoms with van der Waals surface area (Å²) in [5, 5.41) is 0. The quantitative estimate of drug-likeness (QED) is 0.616. The van der Waals surface area contributed by atoms with E-state index in [-0.39, 0.29) is 16.8 Å². The van der Waals surface area contributed by atoms with Gasteiger partial charge in [-0.3, -0.25) is 4.79 Å². The predicted octanol–water partition coefficient (Wildman–Crippen LogP) is 2.82. The molecule has 1 heterocycles. The average molecular weight is 433 g/mol. The van der Waals surface area contributed by atoms with E-state index in [4.69, 9.17) is 9.47 Å². The standard InChI is InChI=1S/C22H28N2O5S/c1-28-19-9-11-20(12-10-19)29-17-5-8-22(25)24-15-13-18(14-16-24)23-30(26,27)21-6-3-2-4-7-21/h2-4,6-7,9-12,18,23H,5,8,13-17H2,1H3. The van der Waals surface area contributed by atoms with Gasteiger partial charge in [0.25, 0.3) is 0 Å². The van der Waals surface area contributed by atoms with Crippen molar-refractivity contribution in [2.24, 2.45) is 0 Å². The van der Waals surface area contributed by atoms with Crippen LogP contribution >= 0.6 is 0 Å². The minimum absolute atomic E-state index is 0.0812. The summed E-state index contributed by atoms with van der Waals surface area (Å²) < 4.78 is 38.4. The van der Waals surface area contributed by atoms with Crippen LogP contribution in [0.15, 0.2) is 59.5 Å². The molecule has 1 aliphatic heterocycles. The SMILES string of the molecule is COc1ccc(OCCCC(=O)N2CCC(NS(=O)(=O)c3ccccc3)CC2)cc1. The van der Waals surface area contributed by atoms with Crippen LogP contribution in [0.2, 0.25) is 0 Å². The molecule has 0 atom stereocenters. The topological polar surface area (TPSA) is 84.9 Å². The average Bonchev–Trinajstić information content (AvgIpc) is 2.78. The van der Waals surface area contributed by atoms with Crippen molar-refractivity contribution >= 4 is 15.9 Å². The van der Waals surface area contributed by atoms with E-state index in [1.165, 1.54) is 0 Å². The van der Waals surface area contributed by atoms with Gasteiger partial charge in [0, 0.05) is 25.6 Å². The summed E-state index contributed by atoms with van der Waals surface area (Å²) in [7, 11) is -1.91. The van der Waals surface area contributed by atoms with Crippen LogP contribution in [0.25, 0.3) is 0 Å². The Balaban J connectivity index is 1.36. The fraction of sp³-hybridized carbons (Fsp3) is 0.409. The highest BCUT2D eigenvalue weighted by atomic mass is 32.2. The van der Waals surface area contributed by atoms with E-state index in [1.54, 1.807) is 42.3 Å². The number of nitrogens with zero attached hydrogens (tertiary/aromatic N) is 1. The van der Waals surface area contributed by atoms with E-state index in [0.29, 0.717) is 45.4 Å². The van der Waals surface area contributed by atoms with Crippen LogP contribution in [0.1, 0.15) is 25.7 Å². The van der Waals surface area contributed by atoms with Crippen LogP contribution in [-0.2, 0) is 14.8 Å². The molecule has 1 saturated heterocycles. The number of nitrogens with one attached hydrogen (secondary N) is 1. The fourth-order valence-electron chi connectivity index (χ4n) is 3.38. The van der Waals surface area contributed by atoms with Crippen molar-refractivity contribution in [2.75, 3.05) is 26.8 Å². The molecule has 3 rings (SSSR count). The highest BCUT2D eigenvalue weighted by Gasteiger charge is 2.26. The van der Waals surface area contributed by atoms with Crippen molar-refractivity contribution in [3.05, 3.63) is 54.6 Å². The lowest BCUT2D eigenvalue weighted by molar-refractivity contribution is -0.132. The third-order valence-corrected chi connectivity index (χ3v) is 6.62. The molecule has 1 fully saturated rings. The second kappa shape index (κ2) is 10.4. The highest BCUT2D eigenvalue weighted by molar-refractivity contribution is 7.89. The number of amides is 1. The summed E-state index contributed by atoms with van der Waals surface area (Å²) in [4.78, 5) is 14.5. The van der Waals surface area contributed by atoms with Gasteiger partial charge < -0.3 is 14.4 Å². The molecule has 1 amide bonds. The number of hydrogen-bond donors (Lipinski definition) is 1. The Morgan fingerprint density at radius 1 is 1.03 bits per heavy atom. The van der Waals surface area contributed by atoms with Crippen LogP contribution in [0, 0.1) is 0 Å². The molecule has 30 heavy (non-hydrogen) atoms. The summed E-state index contributed by atoms with van der Waals surface area (Å²) >= 11 is 0. The Kier molecular flexibility index (Phi) is 7.70. The monoisotopic (exact) mass is 432 g/mol. The smallest absolute Gasteiger partial charge is 0.240 e. The molecule has 0 aromatic heterocycles. The number of sulfonamides is 1. The molecule has 2 aromatic carbocycles. The molecule has 1 aliphatic rings. The Bertz CT molecular complexity index is 908. The Morgan fingerprint density at radius 3 is 2.30 bits per heavy atom. The van der Waals surface area contributed by atoms with Crippen molar-refractivity contribution in [2.45, 2.75) is 36.6 Å². The van der Waals surface area contributed by atoms with Gasteiger partial charge in [-0.05, 0) is 55.7 Å². The number of carbonyl (C=O) groups excluding carboxylic acids is 1. The molecular formula is C22H28N2O5S. The number of likely N-dealkylation sites (tertiary alicyclic amines) is 1. The lowest BCUT2D eigenvalue weighted by Gasteiger charge is -2.32. The third-order valence-electron chi connectivity index (χ3n) is 5.09. The molecule has 0 unspecified atom stereocenters. The number of benzene rings is 2. The number of carbonyl (C=O) groups is 1. The predicted molar refractivity (Wildman–Crippen MR) is 114 cm³/mol.